The van der Waals surface area contributed by atoms with Crippen LogP contribution in [-0.4, -0.2) is 16.5 Å². The second-order valence-electron chi connectivity index (χ2n) is 3.90. The molecule has 0 amide bonds. The lowest BCUT2D eigenvalue weighted by atomic mass is 10.3. The maximum atomic E-state index is 10.9. The normalized spacial score (nSPS) is 10.1. The molecule has 0 unspecified atom stereocenters. The Morgan fingerprint density at radius 2 is 2.20 bits per heavy atom. The number of halogens is 1. The number of hydrogen-bond donors (Lipinski definition) is 1. The summed E-state index contributed by atoms with van der Waals surface area (Å²) < 4.78 is 6.41. The van der Waals surface area contributed by atoms with Crippen LogP contribution in [0.15, 0.2) is 40.9 Å². The number of aromatic nitrogens is 1. The van der Waals surface area contributed by atoms with Gasteiger partial charge in [0.2, 0.25) is 5.88 Å². The summed E-state index contributed by atoms with van der Waals surface area (Å²) in [5, 5.41) is 13.8. The van der Waals surface area contributed by atoms with Crippen molar-refractivity contribution in [3.8, 4) is 11.6 Å². The molecule has 0 fully saturated rings. The maximum Gasteiger partial charge on any atom is 0.278 e. The van der Waals surface area contributed by atoms with Crippen molar-refractivity contribution in [3.05, 3.63) is 51.0 Å². The second-order valence-corrected chi connectivity index (χ2v) is 4.81. The fourth-order valence-corrected chi connectivity index (χ4v) is 1.95. The topological polar surface area (TPSA) is 77.3 Å². The van der Waals surface area contributed by atoms with E-state index in [9.17, 15) is 10.1 Å². The molecule has 20 heavy (non-hydrogen) atoms. The largest absolute Gasteiger partial charge is 0.439 e. The Hall–Kier alpha value is -2.15. The SMILES string of the molecule is CCNc1cc([N+](=O)[O-])cc(Oc2cccc(Br)c2)n1. The van der Waals surface area contributed by atoms with E-state index in [2.05, 4.69) is 26.2 Å². The quantitative estimate of drug-likeness (QED) is 0.659. The minimum atomic E-state index is -0.476. The third-order valence-electron chi connectivity index (χ3n) is 2.37. The van der Waals surface area contributed by atoms with Crippen molar-refractivity contribution in [2.45, 2.75) is 6.92 Å². The molecule has 0 aliphatic carbocycles. The van der Waals surface area contributed by atoms with E-state index in [0.29, 0.717) is 18.1 Å². The minimum Gasteiger partial charge on any atom is -0.439 e. The molecular formula is C13H12BrN3O3. The van der Waals surface area contributed by atoms with E-state index in [0.717, 1.165) is 4.47 Å². The Bertz CT molecular complexity index is 634. The third kappa shape index (κ3) is 3.67. The highest BCUT2D eigenvalue weighted by molar-refractivity contribution is 9.10. The van der Waals surface area contributed by atoms with Crippen LogP contribution in [0.1, 0.15) is 6.92 Å². The van der Waals surface area contributed by atoms with Gasteiger partial charge in [-0.25, -0.2) is 0 Å². The zero-order valence-electron chi connectivity index (χ0n) is 10.7. The number of pyridine rings is 1. The molecule has 2 aromatic rings. The van der Waals surface area contributed by atoms with Crippen molar-refractivity contribution in [2.75, 3.05) is 11.9 Å². The Morgan fingerprint density at radius 1 is 1.40 bits per heavy atom. The number of nitrogens with zero attached hydrogens (tertiary/aromatic N) is 2. The fourth-order valence-electron chi connectivity index (χ4n) is 1.57. The van der Waals surface area contributed by atoms with Crippen molar-refractivity contribution >= 4 is 27.4 Å². The summed E-state index contributed by atoms with van der Waals surface area (Å²) in [6.45, 7) is 2.50. The molecule has 1 N–H and O–H groups in total. The van der Waals surface area contributed by atoms with Crippen LogP contribution in [0.2, 0.25) is 0 Å². The van der Waals surface area contributed by atoms with Crippen molar-refractivity contribution < 1.29 is 9.66 Å². The van der Waals surface area contributed by atoms with Gasteiger partial charge in [0, 0.05) is 11.0 Å². The highest BCUT2D eigenvalue weighted by Crippen LogP contribution is 2.27. The van der Waals surface area contributed by atoms with Crippen LogP contribution in [0.4, 0.5) is 11.5 Å². The van der Waals surface area contributed by atoms with Crippen molar-refractivity contribution in [2.24, 2.45) is 0 Å². The summed E-state index contributed by atoms with van der Waals surface area (Å²) in [5.74, 6) is 1.13. The van der Waals surface area contributed by atoms with Gasteiger partial charge in [-0.15, -0.1) is 0 Å². The molecule has 0 radical (unpaired) electrons. The van der Waals surface area contributed by atoms with E-state index in [1.54, 1.807) is 12.1 Å². The summed E-state index contributed by atoms with van der Waals surface area (Å²) >= 11 is 3.33. The van der Waals surface area contributed by atoms with Crippen LogP contribution >= 0.6 is 15.9 Å². The standard InChI is InChI=1S/C13H12BrN3O3/c1-2-15-12-7-10(17(18)19)8-13(16-12)20-11-5-3-4-9(14)6-11/h3-8H,2H2,1H3,(H,15,16). The van der Waals surface area contributed by atoms with E-state index in [4.69, 9.17) is 4.74 Å². The number of anilines is 1. The van der Waals surface area contributed by atoms with Crippen molar-refractivity contribution in [1.29, 1.82) is 0 Å². The molecular weight excluding hydrogens is 326 g/mol. The highest BCUT2D eigenvalue weighted by atomic mass is 79.9. The summed E-state index contributed by atoms with van der Waals surface area (Å²) in [4.78, 5) is 14.6. The number of ether oxygens (including phenoxy) is 1. The molecule has 6 nitrogen and oxygen atoms in total. The Kier molecular flexibility index (Phi) is 4.52. The molecule has 2 rings (SSSR count). The number of nitro groups is 1. The number of hydrogen-bond acceptors (Lipinski definition) is 5. The van der Waals surface area contributed by atoms with E-state index in [1.807, 2.05) is 19.1 Å². The first-order valence-corrected chi connectivity index (χ1v) is 6.71. The van der Waals surface area contributed by atoms with Crippen LogP contribution in [0, 0.1) is 10.1 Å². The highest BCUT2D eigenvalue weighted by Gasteiger charge is 2.12. The van der Waals surface area contributed by atoms with E-state index in [-0.39, 0.29) is 11.6 Å². The van der Waals surface area contributed by atoms with Gasteiger partial charge >= 0.3 is 0 Å². The van der Waals surface area contributed by atoms with Gasteiger partial charge in [-0.1, -0.05) is 22.0 Å². The third-order valence-corrected chi connectivity index (χ3v) is 2.87. The maximum absolute atomic E-state index is 10.9. The van der Waals surface area contributed by atoms with Crippen molar-refractivity contribution in [1.82, 2.24) is 4.98 Å². The molecule has 0 aliphatic heterocycles. The van der Waals surface area contributed by atoms with Crippen LogP contribution in [0.3, 0.4) is 0 Å². The van der Waals surface area contributed by atoms with E-state index < -0.39 is 4.92 Å². The molecule has 1 heterocycles. The van der Waals surface area contributed by atoms with Crippen LogP contribution in [-0.2, 0) is 0 Å². The zero-order valence-corrected chi connectivity index (χ0v) is 12.3. The Labute approximate surface area is 124 Å². The van der Waals surface area contributed by atoms with Gasteiger partial charge in [0.15, 0.2) is 0 Å². The van der Waals surface area contributed by atoms with Gasteiger partial charge in [-0.3, -0.25) is 10.1 Å². The second kappa shape index (κ2) is 6.33. The molecule has 1 aromatic heterocycles. The number of rotatable bonds is 5. The lowest BCUT2D eigenvalue weighted by Crippen LogP contribution is -2.01. The van der Waals surface area contributed by atoms with Crippen molar-refractivity contribution in [3.63, 3.8) is 0 Å². The predicted molar refractivity (Wildman–Crippen MR) is 79.3 cm³/mol. The van der Waals surface area contributed by atoms with Gasteiger partial charge in [-0.05, 0) is 25.1 Å². The van der Waals surface area contributed by atoms with Crippen LogP contribution in [0.5, 0.6) is 11.6 Å². The monoisotopic (exact) mass is 337 g/mol. The van der Waals surface area contributed by atoms with E-state index >= 15 is 0 Å². The Morgan fingerprint density at radius 3 is 2.85 bits per heavy atom. The zero-order chi connectivity index (χ0) is 14.5. The molecule has 0 atom stereocenters. The molecule has 0 saturated carbocycles. The minimum absolute atomic E-state index is 0.0686. The molecule has 1 aromatic carbocycles. The number of nitrogens with one attached hydrogen (secondary N) is 1. The molecule has 0 bridgehead atoms. The van der Waals surface area contributed by atoms with Gasteiger partial charge in [0.05, 0.1) is 17.1 Å². The van der Waals surface area contributed by atoms with Gasteiger partial charge in [0.1, 0.15) is 11.6 Å². The molecule has 0 spiro atoms. The summed E-state index contributed by atoms with van der Waals surface area (Å²) in [6.07, 6.45) is 0. The molecule has 0 aliphatic rings. The first-order chi connectivity index (χ1) is 9.58. The first kappa shape index (κ1) is 14.3. The molecule has 7 heteroatoms. The molecule has 104 valence electrons. The Balaban J connectivity index is 2.32. The van der Waals surface area contributed by atoms with Gasteiger partial charge in [-0.2, -0.15) is 4.98 Å². The van der Waals surface area contributed by atoms with Crippen LogP contribution in [0.25, 0.3) is 0 Å². The lowest BCUT2D eigenvalue weighted by Gasteiger charge is -2.08. The molecule has 0 saturated heterocycles. The lowest BCUT2D eigenvalue weighted by molar-refractivity contribution is -0.384. The summed E-state index contributed by atoms with van der Waals surface area (Å²) in [7, 11) is 0. The van der Waals surface area contributed by atoms with E-state index in [1.165, 1.54) is 12.1 Å². The van der Waals surface area contributed by atoms with Gasteiger partial charge in [0.25, 0.3) is 5.69 Å². The fraction of sp³-hybridized carbons (Fsp3) is 0.154. The average Bonchev–Trinajstić information content (AvgIpc) is 2.38. The average molecular weight is 338 g/mol. The number of benzene rings is 1. The van der Waals surface area contributed by atoms with Crippen LogP contribution < -0.4 is 10.1 Å². The smallest absolute Gasteiger partial charge is 0.278 e. The predicted octanol–water partition coefficient (Wildman–Crippen LogP) is 3.98. The summed E-state index contributed by atoms with van der Waals surface area (Å²) in [5.41, 5.74) is -0.0686. The first-order valence-electron chi connectivity index (χ1n) is 5.92. The van der Waals surface area contributed by atoms with Gasteiger partial charge < -0.3 is 10.1 Å². The summed E-state index contributed by atoms with van der Waals surface area (Å²) in [6, 6.07) is 9.84.